The summed E-state index contributed by atoms with van der Waals surface area (Å²) in [6, 6.07) is 0.318. The first-order valence-corrected chi connectivity index (χ1v) is 4.58. The smallest absolute Gasteiger partial charge is 0.0884 e. The van der Waals surface area contributed by atoms with Crippen LogP contribution in [0, 0.1) is 5.92 Å². The highest BCUT2D eigenvalue weighted by atomic mass is 15.3. The standard InChI is InChI=1S/C10H15N3/c1-13(2)10-8-5-3-4-6-9(8)11-7-12-10/h3-10H,1-2H3,(H,11,12). The fraction of sp³-hybridized carbons (Fsp3) is 0.500. The van der Waals surface area contributed by atoms with Gasteiger partial charge in [0.2, 0.25) is 0 Å². The van der Waals surface area contributed by atoms with Gasteiger partial charge in [0.15, 0.2) is 0 Å². The Hall–Kier alpha value is -1.09. The molecule has 2 aliphatic rings. The quantitative estimate of drug-likeness (QED) is 0.635. The Morgan fingerprint density at radius 1 is 1.23 bits per heavy atom. The highest BCUT2D eigenvalue weighted by molar-refractivity contribution is 5.57. The minimum atomic E-state index is 0.318. The fourth-order valence-electron chi connectivity index (χ4n) is 1.86. The van der Waals surface area contributed by atoms with Crippen LogP contribution in [0.3, 0.4) is 0 Å². The molecule has 3 atom stereocenters. The van der Waals surface area contributed by atoms with E-state index < -0.39 is 0 Å². The van der Waals surface area contributed by atoms with Crippen molar-refractivity contribution in [3.05, 3.63) is 24.3 Å². The summed E-state index contributed by atoms with van der Waals surface area (Å²) in [6.45, 7) is 0. The van der Waals surface area contributed by atoms with Crippen molar-refractivity contribution in [2.75, 3.05) is 14.1 Å². The zero-order valence-electron chi connectivity index (χ0n) is 8.01. The first kappa shape index (κ1) is 8.51. The molecule has 0 spiro atoms. The van der Waals surface area contributed by atoms with Gasteiger partial charge < -0.3 is 5.32 Å². The van der Waals surface area contributed by atoms with E-state index in [1.54, 1.807) is 0 Å². The third kappa shape index (κ3) is 1.52. The minimum Gasteiger partial charge on any atom is -0.360 e. The van der Waals surface area contributed by atoms with E-state index in [4.69, 9.17) is 0 Å². The summed E-state index contributed by atoms with van der Waals surface area (Å²) < 4.78 is 0. The van der Waals surface area contributed by atoms with Crippen molar-refractivity contribution >= 4 is 6.34 Å². The van der Waals surface area contributed by atoms with E-state index in [9.17, 15) is 0 Å². The number of fused-ring (bicyclic) bond motifs is 1. The SMILES string of the molecule is CN(C)C1NC=NC2C=CC=CC21. The molecule has 1 aliphatic heterocycles. The predicted octanol–water partition coefficient (Wildman–Crippen LogP) is 0.616. The molecule has 0 aromatic heterocycles. The number of allylic oxidation sites excluding steroid dienone is 2. The Balaban J connectivity index is 2.21. The fourth-order valence-corrected chi connectivity index (χ4v) is 1.86. The lowest BCUT2D eigenvalue weighted by molar-refractivity contribution is 0.203. The lowest BCUT2D eigenvalue weighted by Gasteiger charge is -2.37. The molecule has 0 aromatic rings. The second-order valence-corrected chi connectivity index (χ2v) is 3.69. The average molecular weight is 177 g/mol. The normalized spacial score (nSPS) is 36.1. The maximum atomic E-state index is 4.38. The van der Waals surface area contributed by atoms with Crippen LogP contribution in [0.15, 0.2) is 29.3 Å². The van der Waals surface area contributed by atoms with Gasteiger partial charge in [-0.3, -0.25) is 9.89 Å². The van der Waals surface area contributed by atoms with E-state index in [-0.39, 0.29) is 0 Å². The molecule has 0 bridgehead atoms. The summed E-state index contributed by atoms with van der Waals surface area (Å²) in [5.74, 6) is 0.463. The number of nitrogens with one attached hydrogen (secondary N) is 1. The molecule has 13 heavy (non-hydrogen) atoms. The van der Waals surface area contributed by atoms with Crippen molar-refractivity contribution in [3.8, 4) is 0 Å². The van der Waals surface area contributed by atoms with Gasteiger partial charge in [0.25, 0.3) is 0 Å². The second kappa shape index (κ2) is 3.34. The molecule has 0 saturated heterocycles. The Morgan fingerprint density at radius 3 is 2.77 bits per heavy atom. The highest BCUT2D eigenvalue weighted by Gasteiger charge is 2.30. The van der Waals surface area contributed by atoms with Crippen LogP contribution in [0.25, 0.3) is 0 Å². The summed E-state index contributed by atoms with van der Waals surface area (Å²) in [5, 5.41) is 3.27. The summed E-state index contributed by atoms with van der Waals surface area (Å²) in [7, 11) is 4.17. The number of hydrogen-bond acceptors (Lipinski definition) is 3. The molecule has 0 amide bonds. The topological polar surface area (TPSA) is 27.6 Å². The van der Waals surface area contributed by atoms with Crippen LogP contribution >= 0.6 is 0 Å². The van der Waals surface area contributed by atoms with Gasteiger partial charge in [0.1, 0.15) is 0 Å². The molecule has 3 nitrogen and oxygen atoms in total. The van der Waals surface area contributed by atoms with Crippen molar-refractivity contribution in [2.24, 2.45) is 10.9 Å². The maximum Gasteiger partial charge on any atom is 0.0884 e. The molecule has 1 N–H and O–H groups in total. The van der Waals surface area contributed by atoms with Gasteiger partial charge in [0.05, 0.1) is 18.5 Å². The number of hydrogen-bond donors (Lipinski definition) is 1. The van der Waals surface area contributed by atoms with Crippen molar-refractivity contribution in [2.45, 2.75) is 12.2 Å². The van der Waals surface area contributed by atoms with Crippen LogP contribution in [0.1, 0.15) is 0 Å². The van der Waals surface area contributed by atoms with E-state index in [1.807, 2.05) is 6.34 Å². The molecule has 3 heteroatoms. The molecule has 1 heterocycles. The van der Waals surface area contributed by atoms with Crippen molar-refractivity contribution in [1.82, 2.24) is 10.2 Å². The molecule has 1 aliphatic carbocycles. The monoisotopic (exact) mass is 177 g/mol. The summed E-state index contributed by atoms with van der Waals surface area (Å²) in [6.07, 6.45) is 10.7. The number of rotatable bonds is 1. The maximum absolute atomic E-state index is 4.38. The largest absolute Gasteiger partial charge is 0.360 e. The Morgan fingerprint density at radius 2 is 2.00 bits per heavy atom. The second-order valence-electron chi connectivity index (χ2n) is 3.69. The molecular formula is C10H15N3. The minimum absolute atomic E-state index is 0.318. The van der Waals surface area contributed by atoms with Crippen LogP contribution in [0.5, 0.6) is 0 Å². The lowest BCUT2D eigenvalue weighted by Crippen LogP contribution is -2.52. The third-order valence-corrected chi connectivity index (χ3v) is 2.56. The van der Waals surface area contributed by atoms with Crippen molar-refractivity contribution in [1.29, 1.82) is 0 Å². The van der Waals surface area contributed by atoms with Gasteiger partial charge in [-0.05, 0) is 14.1 Å². The number of nitrogens with zero attached hydrogens (tertiary/aromatic N) is 2. The van der Waals surface area contributed by atoms with Gasteiger partial charge in [-0.1, -0.05) is 24.3 Å². The Bertz CT molecular complexity index is 265. The van der Waals surface area contributed by atoms with E-state index in [0.717, 1.165) is 0 Å². The Kier molecular flexibility index (Phi) is 2.19. The summed E-state index contributed by atoms with van der Waals surface area (Å²) >= 11 is 0. The zero-order chi connectivity index (χ0) is 9.26. The van der Waals surface area contributed by atoms with Gasteiger partial charge in [0, 0.05) is 5.92 Å². The molecule has 0 saturated carbocycles. The van der Waals surface area contributed by atoms with Crippen LogP contribution in [0.4, 0.5) is 0 Å². The lowest BCUT2D eigenvalue weighted by atomic mass is 9.91. The molecule has 0 radical (unpaired) electrons. The van der Waals surface area contributed by atoms with Crippen LogP contribution in [-0.4, -0.2) is 37.5 Å². The van der Waals surface area contributed by atoms with Gasteiger partial charge in [-0.25, -0.2) is 0 Å². The van der Waals surface area contributed by atoms with Crippen molar-refractivity contribution < 1.29 is 0 Å². The number of aliphatic imine (C=N–C) groups is 1. The molecule has 70 valence electrons. The average Bonchev–Trinajstić information content (AvgIpc) is 2.17. The first-order valence-electron chi connectivity index (χ1n) is 4.58. The van der Waals surface area contributed by atoms with E-state index >= 15 is 0 Å². The third-order valence-electron chi connectivity index (χ3n) is 2.56. The zero-order valence-corrected chi connectivity index (χ0v) is 8.01. The summed E-state index contributed by atoms with van der Waals surface area (Å²) in [4.78, 5) is 6.57. The van der Waals surface area contributed by atoms with Gasteiger partial charge >= 0.3 is 0 Å². The molecule has 0 fully saturated rings. The Labute approximate surface area is 78.8 Å². The summed E-state index contributed by atoms with van der Waals surface area (Å²) in [5.41, 5.74) is 0. The van der Waals surface area contributed by atoms with Crippen molar-refractivity contribution in [3.63, 3.8) is 0 Å². The first-order chi connectivity index (χ1) is 6.29. The highest BCUT2D eigenvalue weighted by Crippen LogP contribution is 2.22. The van der Waals surface area contributed by atoms with E-state index in [2.05, 4.69) is 53.6 Å². The van der Waals surface area contributed by atoms with Crippen LogP contribution < -0.4 is 5.32 Å². The van der Waals surface area contributed by atoms with E-state index in [0.29, 0.717) is 18.1 Å². The predicted molar refractivity (Wildman–Crippen MR) is 54.7 cm³/mol. The van der Waals surface area contributed by atoms with Crippen LogP contribution in [-0.2, 0) is 0 Å². The molecule has 2 rings (SSSR count). The molecule has 0 aromatic carbocycles. The van der Waals surface area contributed by atoms with Crippen LogP contribution in [0.2, 0.25) is 0 Å². The van der Waals surface area contributed by atoms with E-state index in [1.165, 1.54) is 0 Å². The van der Waals surface area contributed by atoms with Gasteiger partial charge in [-0.2, -0.15) is 0 Å². The van der Waals surface area contributed by atoms with Gasteiger partial charge in [-0.15, -0.1) is 0 Å². The molecular weight excluding hydrogens is 162 g/mol. The molecule has 3 unspecified atom stereocenters.